The predicted octanol–water partition coefficient (Wildman–Crippen LogP) is 2.57. The smallest absolute Gasteiger partial charge is 0.134 e. The molecule has 0 saturated heterocycles. The lowest BCUT2D eigenvalue weighted by atomic mass is 9.91. The van der Waals surface area contributed by atoms with Crippen LogP contribution in [-0.4, -0.2) is 25.1 Å². The number of aromatic amines is 1. The molecule has 20 heavy (non-hydrogen) atoms. The van der Waals surface area contributed by atoms with Crippen molar-refractivity contribution in [2.75, 3.05) is 0 Å². The van der Waals surface area contributed by atoms with Gasteiger partial charge in [0.05, 0.1) is 18.3 Å². The molecule has 1 aliphatic carbocycles. The second-order valence-electron chi connectivity index (χ2n) is 5.02. The minimum atomic E-state index is 0.473. The molecular weight excluding hydrogens is 270 g/mol. The molecule has 4 rings (SSSR count). The highest BCUT2D eigenvalue weighted by molar-refractivity contribution is 7.12. The molecule has 0 amide bonds. The van der Waals surface area contributed by atoms with Gasteiger partial charge in [-0.2, -0.15) is 5.10 Å². The summed E-state index contributed by atoms with van der Waals surface area (Å²) >= 11 is 1.77. The maximum atomic E-state index is 4.77. The second-order valence-corrected chi connectivity index (χ2v) is 6.19. The van der Waals surface area contributed by atoms with E-state index in [2.05, 4.69) is 27.1 Å². The van der Waals surface area contributed by atoms with Crippen molar-refractivity contribution in [1.29, 1.82) is 0 Å². The molecule has 1 unspecified atom stereocenters. The van der Waals surface area contributed by atoms with Gasteiger partial charge in [-0.3, -0.25) is 5.10 Å². The van der Waals surface area contributed by atoms with E-state index in [4.69, 9.17) is 4.98 Å². The Hall–Kier alpha value is -2.08. The van der Waals surface area contributed by atoms with E-state index < -0.39 is 0 Å². The predicted molar refractivity (Wildman–Crippen MR) is 76.7 cm³/mol. The third kappa shape index (κ3) is 1.84. The normalized spacial score (nSPS) is 16.8. The van der Waals surface area contributed by atoms with Crippen LogP contribution >= 0.6 is 11.3 Å². The number of hydrogen-bond donors (Lipinski definition) is 1. The van der Waals surface area contributed by atoms with Crippen molar-refractivity contribution >= 4 is 11.3 Å². The summed E-state index contributed by atoms with van der Waals surface area (Å²) in [6, 6.07) is 1.83. The topological polar surface area (TPSA) is 67.3 Å². The molecule has 1 atom stereocenters. The average molecular weight is 283 g/mol. The van der Waals surface area contributed by atoms with E-state index >= 15 is 0 Å². The number of thiazole rings is 1. The van der Waals surface area contributed by atoms with Gasteiger partial charge in [0.15, 0.2) is 0 Å². The standard InChI is InChI=1S/C14H13N5S/c1-8-5-10-14(9-7-17-19-13(8)9)18-12(20-10)6-11-15-3-2-4-16-11/h2-4,7-8H,5-6H2,1H3,(H,17,19). The minimum Gasteiger partial charge on any atom is -0.282 e. The minimum absolute atomic E-state index is 0.473. The Morgan fingerprint density at radius 1 is 1.35 bits per heavy atom. The van der Waals surface area contributed by atoms with Gasteiger partial charge in [-0.1, -0.05) is 6.92 Å². The van der Waals surface area contributed by atoms with Gasteiger partial charge in [0, 0.05) is 34.4 Å². The molecule has 5 nitrogen and oxygen atoms in total. The van der Waals surface area contributed by atoms with Crippen molar-refractivity contribution in [1.82, 2.24) is 25.1 Å². The van der Waals surface area contributed by atoms with Crippen molar-refractivity contribution in [2.45, 2.75) is 25.7 Å². The molecule has 3 aromatic heterocycles. The lowest BCUT2D eigenvalue weighted by molar-refractivity contribution is 0.723. The maximum absolute atomic E-state index is 4.77. The maximum Gasteiger partial charge on any atom is 0.134 e. The first-order chi connectivity index (χ1) is 9.81. The highest BCUT2D eigenvalue weighted by Gasteiger charge is 2.27. The van der Waals surface area contributed by atoms with E-state index in [0.717, 1.165) is 28.5 Å². The Balaban J connectivity index is 1.72. The van der Waals surface area contributed by atoms with Gasteiger partial charge in [-0.05, 0) is 12.5 Å². The van der Waals surface area contributed by atoms with Crippen LogP contribution in [0.15, 0.2) is 24.7 Å². The molecule has 0 bridgehead atoms. The highest BCUT2D eigenvalue weighted by Crippen LogP contribution is 2.40. The summed E-state index contributed by atoms with van der Waals surface area (Å²) in [5, 5.41) is 8.33. The summed E-state index contributed by atoms with van der Waals surface area (Å²) in [6.45, 7) is 2.22. The first-order valence-corrected chi connectivity index (χ1v) is 7.41. The van der Waals surface area contributed by atoms with Crippen molar-refractivity contribution in [3.63, 3.8) is 0 Å². The number of hydrogen-bond acceptors (Lipinski definition) is 5. The van der Waals surface area contributed by atoms with Crippen molar-refractivity contribution in [2.24, 2.45) is 0 Å². The van der Waals surface area contributed by atoms with Gasteiger partial charge in [0.25, 0.3) is 0 Å². The van der Waals surface area contributed by atoms with Crippen molar-refractivity contribution in [3.8, 4) is 11.3 Å². The fourth-order valence-corrected chi connectivity index (χ4v) is 3.83. The largest absolute Gasteiger partial charge is 0.282 e. The number of aromatic nitrogens is 5. The van der Waals surface area contributed by atoms with E-state index in [1.165, 1.54) is 10.6 Å². The summed E-state index contributed by atoms with van der Waals surface area (Å²) in [5.41, 5.74) is 3.43. The monoisotopic (exact) mass is 283 g/mol. The Morgan fingerprint density at radius 2 is 2.20 bits per heavy atom. The first-order valence-electron chi connectivity index (χ1n) is 6.59. The molecular formula is C14H13N5S. The van der Waals surface area contributed by atoms with Crippen molar-refractivity contribution < 1.29 is 0 Å². The fraction of sp³-hybridized carbons (Fsp3) is 0.286. The molecule has 0 radical (unpaired) electrons. The van der Waals surface area contributed by atoms with Crippen LogP contribution in [0.3, 0.4) is 0 Å². The van der Waals surface area contributed by atoms with E-state index in [1.807, 2.05) is 12.3 Å². The van der Waals surface area contributed by atoms with Gasteiger partial charge in [-0.25, -0.2) is 15.0 Å². The summed E-state index contributed by atoms with van der Waals surface area (Å²) in [5.74, 6) is 1.29. The Labute approximate surface area is 120 Å². The average Bonchev–Trinajstić information content (AvgIpc) is 3.06. The molecule has 3 heterocycles. The molecule has 0 aromatic carbocycles. The number of nitrogens with zero attached hydrogens (tertiary/aromatic N) is 4. The van der Waals surface area contributed by atoms with Crippen LogP contribution in [0.1, 0.15) is 34.2 Å². The number of rotatable bonds is 2. The molecule has 0 spiro atoms. The molecule has 3 aromatic rings. The van der Waals surface area contributed by atoms with E-state index in [1.54, 1.807) is 23.7 Å². The fourth-order valence-electron chi connectivity index (χ4n) is 2.62. The lowest BCUT2D eigenvalue weighted by Gasteiger charge is -2.16. The van der Waals surface area contributed by atoms with Crippen LogP contribution < -0.4 is 0 Å². The molecule has 6 heteroatoms. The summed E-state index contributed by atoms with van der Waals surface area (Å²) < 4.78 is 0. The highest BCUT2D eigenvalue weighted by atomic mass is 32.1. The third-order valence-electron chi connectivity index (χ3n) is 3.58. The molecule has 1 N–H and O–H groups in total. The zero-order valence-corrected chi connectivity index (χ0v) is 11.8. The Kier molecular flexibility index (Phi) is 2.63. The summed E-state index contributed by atoms with van der Waals surface area (Å²) in [6.07, 6.45) is 7.14. The first kappa shape index (κ1) is 11.7. The molecule has 100 valence electrons. The van der Waals surface area contributed by atoms with E-state index in [-0.39, 0.29) is 0 Å². The Morgan fingerprint density at radius 3 is 3.05 bits per heavy atom. The third-order valence-corrected chi connectivity index (χ3v) is 4.66. The number of nitrogens with one attached hydrogen (secondary N) is 1. The number of fused-ring (bicyclic) bond motifs is 3. The van der Waals surface area contributed by atoms with Crippen LogP contribution in [0.2, 0.25) is 0 Å². The lowest BCUT2D eigenvalue weighted by Crippen LogP contribution is -2.06. The second kappa shape index (κ2) is 4.49. The summed E-state index contributed by atoms with van der Waals surface area (Å²) in [4.78, 5) is 14.7. The Bertz CT molecular complexity index is 746. The quantitative estimate of drug-likeness (QED) is 0.785. The van der Waals surface area contributed by atoms with Gasteiger partial charge in [0.2, 0.25) is 0 Å². The van der Waals surface area contributed by atoms with Crippen molar-refractivity contribution in [3.05, 3.63) is 46.1 Å². The van der Waals surface area contributed by atoms with E-state index in [0.29, 0.717) is 12.3 Å². The summed E-state index contributed by atoms with van der Waals surface area (Å²) in [7, 11) is 0. The van der Waals surface area contributed by atoms with Crippen LogP contribution in [0, 0.1) is 0 Å². The van der Waals surface area contributed by atoms with Crippen LogP contribution in [0.4, 0.5) is 0 Å². The molecule has 0 aliphatic heterocycles. The van der Waals surface area contributed by atoms with Gasteiger partial charge in [-0.15, -0.1) is 11.3 Å². The SMILES string of the molecule is CC1Cc2sc(Cc3ncccn3)nc2-c2cn[nH]c21. The molecule has 1 aliphatic rings. The van der Waals surface area contributed by atoms with Crippen LogP contribution in [-0.2, 0) is 12.8 Å². The zero-order chi connectivity index (χ0) is 13.5. The van der Waals surface area contributed by atoms with Crippen LogP contribution in [0.25, 0.3) is 11.3 Å². The van der Waals surface area contributed by atoms with Crippen LogP contribution in [0.5, 0.6) is 0 Å². The number of H-pyrrole nitrogens is 1. The van der Waals surface area contributed by atoms with Gasteiger partial charge in [0.1, 0.15) is 10.8 Å². The zero-order valence-electron chi connectivity index (χ0n) is 11.0. The van der Waals surface area contributed by atoms with E-state index in [9.17, 15) is 0 Å². The molecule has 0 saturated carbocycles. The van der Waals surface area contributed by atoms with Gasteiger partial charge >= 0.3 is 0 Å². The molecule has 0 fully saturated rings. The van der Waals surface area contributed by atoms with Gasteiger partial charge < -0.3 is 0 Å².